The first-order valence-corrected chi connectivity index (χ1v) is 10.2. The molecule has 2 N–H and O–H groups in total. The van der Waals surface area contributed by atoms with E-state index in [1.165, 1.54) is 42.5 Å². The van der Waals surface area contributed by atoms with Crippen molar-refractivity contribution in [1.29, 1.82) is 0 Å². The number of nitro groups is 1. The average molecular weight is 439 g/mol. The Balaban J connectivity index is 1.51. The Morgan fingerprint density at radius 2 is 1.50 bits per heavy atom. The molecule has 32 heavy (non-hydrogen) atoms. The molecule has 0 radical (unpaired) electrons. The van der Waals surface area contributed by atoms with E-state index in [2.05, 4.69) is 10.6 Å². The lowest BCUT2D eigenvalue weighted by molar-refractivity contribution is -0.384. The summed E-state index contributed by atoms with van der Waals surface area (Å²) in [6.07, 6.45) is 2.21. The maximum absolute atomic E-state index is 13.3. The van der Waals surface area contributed by atoms with Crippen molar-refractivity contribution >= 4 is 17.4 Å². The van der Waals surface area contributed by atoms with Crippen LogP contribution in [0.1, 0.15) is 36.3 Å². The van der Waals surface area contributed by atoms with E-state index < -0.39 is 11.0 Å². The summed E-state index contributed by atoms with van der Waals surface area (Å²) in [4.78, 5) is 22.3. The van der Waals surface area contributed by atoms with Crippen LogP contribution in [-0.4, -0.2) is 17.5 Å². The topological polar surface area (TPSA) is 84.3 Å². The van der Waals surface area contributed by atoms with Gasteiger partial charge in [0, 0.05) is 30.3 Å². The molecule has 0 unspecified atom stereocenters. The molecule has 0 heterocycles. The van der Waals surface area contributed by atoms with Crippen LogP contribution in [0.25, 0.3) is 0 Å². The van der Waals surface area contributed by atoms with E-state index in [1.807, 2.05) is 0 Å². The highest BCUT2D eigenvalue weighted by atomic mass is 19.1. The Bertz CT molecular complexity index is 1010. The first-order chi connectivity index (χ1) is 15.4. The number of hydrogen-bond donors (Lipinski definition) is 2. The van der Waals surface area contributed by atoms with Gasteiger partial charge in [-0.15, -0.1) is 0 Å². The molecule has 0 aliphatic heterocycles. The zero-order valence-corrected chi connectivity index (χ0v) is 17.3. The predicted molar refractivity (Wildman–Crippen MR) is 119 cm³/mol. The number of nitrogens with one attached hydrogen (secondary N) is 2. The Labute approximate surface area is 184 Å². The number of hydrogen-bond acceptors (Lipinski definition) is 3. The fourth-order valence-corrected chi connectivity index (χ4v) is 3.46. The van der Waals surface area contributed by atoms with Gasteiger partial charge in [-0.25, -0.2) is 13.6 Å². The van der Waals surface area contributed by atoms with Gasteiger partial charge in [-0.2, -0.15) is 0 Å². The van der Waals surface area contributed by atoms with Crippen molar-refractivity contribution in [2.75, 3.05) is 11.9 Å². The average Bonchev–Trinajstić information content (AvgIpc) is 2.78. The number of carbonyl (C=O) groups excluding carboxylic acids is 1. The molecular weight excluding hydrogens is 416 g/mol. The lowest BCUT2D eigenvalue weighted by Crippen LogP contribution is -2.29. The maximum Gasteiger partial charge on any atom is 0.319 e. The van der Waals surface area contributed by atoms with Crippen LogP contribution >= 0.6 is 0 Å². The number of nitro benzene ring substituents is 1. The van der Waals surface area contributed by atoms with Crippen LogP contribution in [0.5, 0.6) is 0 Å². The minimum Gasteiger partial charge on any atom is -0.338 e. The number of rotatable bonds is 9. The molecule has 0 saturated carbocycles. The predicted octanol–water partition coefficient (Wildman–Crippen LogP) is 6.00. The van der Waals surface area contributed by atoms with E-state index in [0.29, 0.717) is 18.7 Å². The summed E-state index contributed by atoms with van der Waals surface area (Å²) in [6.45, 7) is 0.417. The monoisotopic (exact) mass is 439 g/mol. The number of halogens is 2. The van der Waals surface area contributed by atoms with E-state index in [0.717, 1.165) is 24.0 Å². The first kappa shape index (κ1) is 22.9. The van der Waals surface area contributed by atoms with Crippen molar-refractivity contribution in [3.8, 4) is 0 Å². The fraction of sp³-hybridized carbons (Fsp3) is 0.208. The third-order valence-electron chi connectivity index (χ3n) is 5.06. The van der Waals surface area contributed by atoms with E-state index >= 15 is 0 Å². The van der Waals surface area contributed by atoms with Crippen LogP contribution in [0.3, 0.4) is 0 Å². The van der Waals surface area contributed by atoms with E-state index in [4.69, 9.17) is 0 Å². The van der Waals surface area contributed by atoms with Crippen molar-refractivity contribution in [3.05, 3.63) is 106 Å². The molecule has 3 aromatic carbocycles. The summed E-state index contributed by atoms with van der Waals surface area (Å²) in [5.74, 6) is -0.647. The van der Waals surface area contributed by atoms with Crippen LogP contribution in [0.15, 0.2) is 72.8 Å². The largest absolute Gasteiger partial charge is 0.338 e. The van der Waals surface area contributed by atoms with Crippen molar-refractivity contribution in [3.63, 3.8) is 0 Å². The van der Waals surface area contributed by atoms with Crippen LogP contribution in [0, 0.1) is 21.7 Å². The molecule has 0 fully saturated rings. The molecule has 0 spiro atoms. The molecule has 0 bridgehead atoms. The highest BCUT2D eigenvalue weighted by Gasteiger charge is 2.15. The molecule has 0 atom stereocenters. The summed E-state index contributed by atoms with van der Waals surface area (Å²) in [5, 5.41) is 16.1. The quantitative estimate of drug-likeness (QED) is 0.244. The SMILES string of the molecule is O=C(NCCCCC(c1ccc(F)cc1)c1ccc(F)cc1)Nc1cccc([N+](=O)[O-])c1. The summed E-state index contributed by atoms with van der Waals surface area (Å²) >= 11 is 0. The molecule has 0 aromatic heterocycles. The molecule has 0 aliphatic carbocycles. The molecule has 0 saturated heterocycles. The van der Waals surface area contributed by atoms with Crippen LogP contribution in [0.2, 0.25) is 0 Å². The number of urea groups is 1. The number of unbranched alkanes of at least 4 members (excludes halogenated alkanes) is 1. The molecule has 6 nitrogen and oxygen atoms in total. The van der Waals surface area contributed by atoms with Crippen molar-refractivity contribution in [1.82, 2.24) is 5.32 Å². The normalized spacial score (nSPS) is 10.7. The van der Waals surface area contributed by atoms with Gasteiger partial charge in [0.1, 0.15) is 11.6 Å². The molecule has 3 rings (SSSR count). The molecule has 166 valence electrons. The highest BCUT2D eigenvalue weighted by molar-refractivity contribution is 5.89. The number of amides is 2. The summed E-state index contributed by atoms with van der Waals surface area (Å²) < 4.78 is 26.6. The Hall–Kier alpha value is -3.81. The van der Waals surface area contributed by atoms with Crippen molar-refractivity contribution < 1.29 is 18.5 Å². The van der Waals surface area contributed by atoms with Crippen molar-refractivity contribution in [2.24, 2.45) is 0 Å². The smallest absolute Gasteiger partial charge is 0.319 e. The molecule has 3 aromatic rings. The molecule has 8 heteroatoms. The zero-order chi connectivity index (χ0) is 22.9. The summed E-state index contributed by atoms with van der Waals surface area (Å²) in [6, 6.07) is 17.8. The summed E-state index contributed by atoms with van der Waals surface area (Å²) in [5.41, 5.74) is 2.11. The van der Waals surface area contributed by atoms with Gasteiger partial charge in [-0.1, -0.05) is 36.8 Å². The minimum absolute atomic E-state index is 0.0186. The fourth-order valence-electron chi connectivity index (χ4n) is 3.46. The van der Waals surface area contributed by atoms with E-state index in [9.17, 15) is 23.7 Å². The van der Waals surface area contributed by atoms with Gasteiger partial charge in [0.05, 0.1) is 4.92 Å². The second-order valence-corrected chi connectivity index (χ2v) is 7.34. The second kappa shape index (κ2) is 11.0. The van der Waals surface area contributed by atoms with Gasteiger partial charge in [0.25, 0.3) is 5.69 Å². The van der Waals surface area contributed by atoms with Crippen LogP contribution in [-0.2, 0) is 0 Å². The van der Waals surface area contributed by atoms with E-state index in [1.54, 1.807) is 30.3 Å². The van der Waals surface area contributed by atoms with Gasteiger partial charge in [0.2, 0.25) is 0 Å². The van der Waals surface area contributed by atoms with Crippen LogP contribution < -0.4 is 10.6 Å². The Morgan fingerprint density at radius 3 is 2.06 bits per heavy atom. The lowest BCUT2D eigenvalue weighted by atomic mass is 9.87. The highest BCUT2D eigenvalue weighted by Crippen LogP contribution is 2.30. The van der Waals surface area contributed by atoms with E-state index in [-0.39, 0.29) is 23.2 Å². The Kier molecular flexibility index (Phi) is 7.85. The number of non-ortho nitro benzene ring substituents is 1. The third-order valence-corrected chi connectivity index (χ3v) is 5.06. The zero-order valence-electron chi connectivity index (χ0n) is 17.3. The lowest BCUT2D eigenvalue weighted by Gasteiger charge is -2.18. The molecule has 0 aliphatic rings. The molecule has 2 amide bonds. The Morgan fingerprint density at radius 1 is 0.906 bits per heavy atom. The number of nitrogens with zero attached hydrogens (tertiary/aromatic N) is 1. The standard InChI is InChI=1S/C24H23F2N3O3/c25-19-11-7-17(8-12-19)23(18-9-13-20(26)14-10-18)6-1-2-15-27-24(30)28-21-4-3-5-22(16-21)29(31)32/h3-5,7-14,16,23H,1-2,6,15H2,(H2,27,28,30). The third kappa shape index (κ3) is 6.60. The number of anilines is 1. The van der Waals surface area contributed by atoms with Gasteiger partial charge in [0.15, 0.2) is 0 Å². The number of benzene rings is 3. The number of carbonyl (C=O) groups is 1. The van der Waals surface area contributed by atoms with Gasteiger partial charge >= 0.3 is 6.03 Å². The maximum atomic E-state index is 13.3. The minimum atomic E-state index is -0.526. The van der Waals surface area contributed by atoms with Crippen LogP contribution in [0.4, 0.5) is 25.0 Å². The second-order valence-electron chi connectivity index (χ2n) is 7.34. The van der Waals surface area contributed by atoms with Crippen molar-refractivity contribution in [2.45, 2.75) is 25.2 Å². The summed E-state index contributed by atoms with van der Waals surface area (Å²) in [7, 11) is 0. The van der Waals surface area contributed by atoms with Gasteiger partial charge < -0.3 is 10.6 Å². The first-order valence-electron chi connectivity index (χ1n) is 10.2. The van der Waals surface area contributed by atoms with Gasteiger partial charge in [-0.3, -0.25) is 10.1 Å². The van der Waals surface area contributed by atoms with Gasteiger partial charge in [-0.05, 0) is 54.3 Å². The molecular formula is C24H23F2N3O3.